The molecule has 2 heterocycles. The van der Waals surface area contributed by atoms with Crippen molar-refractivity contribution in [3.05, 3.63) is 46.5 Å². The number of amides is 1. The lowest BCUT2D eigenvalue weighted by molar-refractivity contribution is -0.141. The molecule has 0 aliphatic heterocycles. The maximum atomic E-state index is 12.5. The van der Waals surface area contributed by atoms with Gasteiger partial charge in [-0.2, -0.15) is 10.1 Å². The fraction of sp³-hybridized carbons (Fsp3) is 0.368. The summed E-state index contributed by atoms with van der Waals surface area (Å²) in [6, 6.07) is 7.77. The molecule has 0 atom stereocenters. The second kappa shape index (κ2) is 8.30. The van der Waals surface area contributed by atoms with E-state index in [4.69, 9.17) is 4.74 Å². The van der Waals surface area contributed by atoms with Gasteiger partial charge in [0, 0.05) is 13.2 Å². The van der Waals surface area contributed by atoms with E-state index in [0.717, 1.165) is 29.5 Å². The maximum absolute atomic E-state index is 12.5. The summed E-state index contributed by atoms with van der Waals surface area (Å²) in [7, 11) is 3.04. The van der Waals surface area contributed by atoms with Crippen molar-refractivity contribution < 1.29 is 14.3 Å². The van der Waals surface area contributed by atoms with Crippen molar-refractivity contribution in [3.63, 3.8) is 0 Å². The standard InChI is InChI=1S/C19H22N4O3S/c1-4-5-6-13-7-8-14-16(11-13)27-19(23(14)12-17(24)26-3)21-18(25)15-9-10-20-22(15)2/h7-11H,4-6,12H2,1-3H3. The van der Waals surface area contributed by atoms with E-state index in [0.29, 0.717) is 10.5 Å². The van der Waals surface area contributed by atoms with Crippen LogP contribution in [0.1, 0.15) is 35.8 Å². The number of aromatic nitrogens is 3. The first-order valence-corrected chi connectivity index (χ1v) is 9.61. The second-order valence-corrected chi connectivity index (χ2v) is 7.22. The van der Waals surface area contributed by atoms with E-state index in [1.54, 1.807) is 23.9 Å². The zero-order valence-electron chi connectivity index (χ0n) is 15.6. The summed E-state index contributed by atoms with van der Waals surface area (Å²) in [6.07, 6.45) is 4.80. The summed E-state index contributed by atoms with van der Waals surface area (Å²) in [5, 5.41) is 4.00. The molecular formula is C19H22N4O3S. The van der Waals surface area contributed by atoms with Gasteiger partial charge in [-0.05, 0) is 36.6 Å². The Labute approximate surface area is 160 Å². The molecule has 3 rings (SSSR count). The third-order valence-corrected chi connectivity index (χ3v) is 5.36. The van der Waals surface area contributed by atoms with Gasteiger partial charge in [0.05, 0.1) is 17.3 Å². The van der Waals surface area contributed by atoms with Crippen molar-refractivity contribution in [2.24, 2.45) is 12.0 Å². The van der Waals surface area contributed by atoms with Gasteiger partial charge in [-0.3, -0.25) is 14.3 Å². The van der Waals surface area contributed by atoms with Gasteiger partial charge in [0.2, 0.25) is 0 Å². The second-order valence-electron chi connectivity index (χ2n) is 6.21. The number of nitrogens with zero attached hydrogens (tertiary/aromatic N) is 4. The highest BCUT2D eigenvalue weighted by molar-refractivity contribution is 7.16. The van der Waals surface area contributed by atoms with Crippen molar-refractivity contribution >= 4 is 33.4 Å². The summed E-state index contributed by atoms with van der Waals surface area (Å²) in [5.41, 5.74) is 2.49. The van der Waals surface area contributed by atoms with Gasteiger partial charge in [0.1, 0.15) is 12.2 Å². The molecule has 142 valence electrons. The van der Waals surface area contributed by atoms with E-state index in [9.17, 15) is 9.59 Å². The van der Waals surface area contributed by atoms with Crippen LogP contribution in [-0.4, -0.2) is 33.3 Å². The third-order valence-electron chi connectivity index (χ3n) is 4.32. The number of carbonyl (C=O) groups is 2. The first kappa shape index (κ1) is 19.0. The van der Waals surface area contributed by atoms with E-state index in [1.807, 2.05) is 6.07 Å². The predicted octanol–water partition coefficient (Wildman–Crippen LogP) is 2.69. The van der Waals surface area contributed by atoms with Crippen LogP contribution in [0.5, 0.6) is 0 Å². The first-order chi connectivity index (χ1) is 13.0. The van der Waals surface area contributed by atoms with Crippen LogP contribution < -0.4 is 4.80 Å². The molecule has 0 bridgehead atoms. The minimum Gasteiger partial charge on any atom is -0.468 e. The van der Waals surface area contributed by atoms with E-state index in [-0.39, 0.29) is 12.5 Å². The molecule has 0 unspecified atom stereocenters. The van der Waals surface area contributed by atoms with Crippen molar-refractivity contribution in [1.82, 2.24) is 14.3 Å². The van der Waals surface area contributed by atoms with Crippen molar-refractivity contribution in [2.75, 3.05) is 7.11 Å². The topological polar surface area (TPSA) is 78.5 Å². The summed E-state index contributed by atoms with van der Waals surface area (Å²) in [5.74, 6) is -0.787. The van der Waals surface area contributed by atoms with Gasteiger partial charge in [-0.25, -0.2) is 0 Å². The van der Waals surface area contributed by atoms with Crippen LogP contribution in [0, 0.1) is 0 Å². The number of carbonyl (C=O) groups excluding carboxylic acids is 2. The molecule has 0 N–H and O–H groups in total. The Kier molecular flexibility index (Phi) is 5.85. The molecule has 1 amide bonds. The van der Waals surface area contributed by atoms with Crippen LogP contribution >= 0.6 is 11.3 Å². The van der Waals surface area contributed by atoms with Crippen molar-refractivity contribution in [3.8, 4) is 0 Å². The Morgan fingerprint density at radius 3 is 2.78 bits per heavy atom. The molecule has 2 aromatic heterocycles. The average molecular weight is 386 g/mol. The summed E-state index contributed by atoms with van der Waals surface area (Å²) in [6.45, 7) is 2.16. The minimum atomic E-state index is -0.397. The van der Waals surface area contributed by atoms with Crippen LogP contribution in [0.3, 0.4) is 0 Å². The molecule has 1 aromatic carbocycles. The van der Waals surface area contributed by atoms with Gasteiger partial charge in [0.25, 0.3) is 5.91 Å². The number of fused-ring (bicyclic) bond motifs is 1. The van der Waals surface area contributed by atoms with Crippen LogP contribution in [0.4, 0.5) is 0 Å². The number of ether oxygens (including phenoxy) is 1. The molecule has 3 aromatic rings. The molecule has 0 fully saturated rings. The third kappa shape index (κ3) is 4.16. The highest BCUT2D eigenvalue weighted by atomic mass is 32.1. The van der Waals surface area contributed by atoms with E-state index in [2.05, 4.69) is 29.1 Å². The molecule has 0 aliphatic carbocycles. The monoisotopic (exact) mass is 386 g/mol. The summed E-state index contributed by atoms with van der Waals surface area (Å²) in [4.78, 5) is 29.1. The molecule has 0 spiro atoms. The number of esters is 1. The van der Waals surface area contributed by atoms with E-state index in [1.165, 1.54) is 28.7 Å². The van der Waals surface area contributed by atoms with Gasteiger partial charge in [-0.15, -0.1) is 0 Å². The minimum absolute atomic E-state index is 0.00229. The van der Waals surface area contributed by atoms with E-state index >= 15 is 0 Å². The molecule has 0 saturated heterocycles. The number of unbranched alkanes of at least 4 members (excludes halogenated alkanes) is 1. The predicted molar refractivity (Wildman–Crippen MR) is 104 cm³/mol. The molecule has 0 aliphatic rings. The number of rotatable bonds is 6. The first-order valence-electron chi connectivity index (χ1n) is 8.79. The average Bonchev–Trinajstić information content (AvgIpc) is 3.23. The zero-order valence-corrected chi connectivity index (χ0v) is 16.5. The number of hydrogen-bond acceptors (Lipinski definition) is 5. The Balaban J connectivity index is 2.09. The molecule has 7 nitrogen and oxygen atoms in total. The lowest BCUT2D eigenvalue weighted by atomic mass is 10.1. The van der Waals surface area contributed by atoms with Crippen LogP contribution in [0.15, 0.2) is 35.5 Å². The van der Waals surface area contributed by atoms with E-state index < -0.39 is 5.91 Å². The number of thiazole rings is 1. The SMILES string of the molecule is CCCCc1ccc2c(c1)sc(=NC(=O)c1ccnn1C)n2CC(=O)OC. The molecule has 8 heteroatoms. The zero-order chi connectivity index (χ0) is 19.4. The Bertz CT molecular complexity index is 1040. The number of benzene rings is 1. The summed E-state index contributed by atoms with van der Waals surface area (Å²) >= 11 is 1.39. The highest BCUT2D eigenvalue weighted by Gasteiger charge is 2.14. The van der Waals surface area contributed by atoms with Gasteiger partial charge >= 0.3 is 5.97 Å². The molecule has 0 radical (unpaired) electrons. The lowest BCUT2D eigenvalue weighted by Gasteiger charge is -2.05. The highest BCUT2D eigenvalue weighted by Crippen LogP contribution is 2.20. The van der Waals surface area contributed by atoms with Gasteiger partial charge < -0.3 is 9.30 Å². The fourth-order valence-corrected chi connectivity index (χ4v) is 3.91. The Morgan fingerprint density at radius 2 is 2.11 bits per heavy atom. The van der Waals surface area contributed by atoms with Crippen LogP contribution in [0.2, 0.25) is 0 Å². The van der Waals surface area contributed by atoms with Gasteiger partial charge in [0.15, 0.2) is 4.80 Å². The van der Waals surface area contributed by atoms with Crippen LogP contribution in [-0.2, 0) is 29.5 Å². The quantitative estimate of drug-likeness (QED) is 0.610. The maximum Gasteiger partial charge on any atom is 0.325 e. The molecule has 27 heavy (non-hydrogen) atoms. The fourth-order valence-electron chi connectivity index (χ4n) is 2.81. The molecule has 0 saturated carbocycles. The smallest absolute Gasteiger partial charge is 0.325 e. The van der Waals surface area contributed by atoms with Crippen molar-refractivity contribution in [1.29, 1.82) is 0 Å². The normalized spacial score (nSPS) is 11.9. The molecular weight excluding hydrogens is 364 g/mol. The largest absolute Gasteiger partial charge is 0.468 e. The Hall–Kier alpha value is -2.74. The number of aryl methyl sites for hydroxylation is 2. The van der Waals surface area contributed by atoms with Crippen molar-refractivity contribution in [2.45, 2.75) is 32.7 Å². The number of hydrogen-bond donors (Lipinski definition) is 0. The summed E-state index contributed by atoms with van der Waals surface area (Å²) < 4.78 is 9.00. The van der Waals surface area contributed by atoms with Gasteiger partial charge in [-0.1, -0.05) is 30.7 Å². The Morgan fingerprint density at radius 1 is 1.30 bits per heavy atom. The van der Waals surface area contributed by atoms with Crippen LogP contribution in [0.25, 0.3) is 10.2 Å². The number of methoxy groups -OCH3 is 1. The lowest BCUT2D eigenvalue weighted by Crippen LogP contribution is -2.22.